The summed E-state index contributed by atoms with van der Waals surface area (Å²) in [5, 5.41) is 11.4. The summed E-state index contributed by atoms with van der Waals surface area (Å²) < 4.78 is 5.33. The molecular formula is C11H22N2O4. The fourth-order valence-corrected chi connectivity index (χ4v) is 1.28. The van der Waals surface area contributed by atoms with Gasteiger partial charge >= 0.3 is 5.97 Å². The third kappa shape index (κ3) is 9.77. The average molecular weight is 246 g/mol. The Hall–Kier alpha value is -1.14. The second-order valence-electron chi connectivity index (χ2n) is 4.11. The molecule has 0 radical (unpaired) electrons. The van der Waals surface area contributed by atoms with Gasteiger partial charge in [-0.1, -0.05) is 0 Å². The molecule has 0 aliphatic rings. The van der Waals surface area contributed by atoms with Gasteiger partial charge in [0.15, 0.2) is 0 Å². The Balaban J connectivity index is 3.70. The average Bonchev–Trinajstić information content (AvgIpc) is 2.20. The quantitative estimate of drug-likeness (QED) is 0.475. The Morgan fingerprint density at radius 3 is 2.53 bits per heavy atom. The van der Waals surface area contributed by atoms with Crippen LogP contribution in [0.4, 0.5) is 0 Å². The number of carboxylic acid groups (broad SMARTS) is 1. The lowest BCUT2D eigenvalue weighted by molar-refractivity contribution is -0.137. The van der Waals surface area contributed by atoms with Crippen molar-refractivity contribution in [3.05, 3.63) is 0 Å². The van der Waals surface area contributed by atoms with Gasteiger partial charge in [-0.3, -0.25) is 9.59 Å². The van der Waals surface area contributed by atoms with Crippen LogP contribution >= 0.6 is 0 Å². The van der Waals surface area contributed by atoms with E-state index in [1.165, 1.54) is 0 Å². The number of rotatable bonds is 10. The van der Waals surface area contributed by atoms with Crippen molar-refractivity contribution in [3.63, 3.8) is 0 Å². The molecule has 6 heteroatoms. The van der Waals surface area contributed by atoms with E-state index in [0.29, 0.717) is 13.2 Å². The maximum absolute atomic E-state index is 11.0. The number of aliphatic carboxylic acids is 1. The Kier molecular flexibility index (Phi) is 8.35. The normalized spacial score (nSPS) is 12.6. The van der Waals surface area contributed by atoms with Gasteiger partial charge < -0.3 is 20.9 Å². The Bertz CT molecular complexity index is 244. The third-order valence-corrected chi connectivity index (χ3v) is 2.15. The van der Waals surface area contributed by atoms with Crippen molar-refractivity contribution >= 4 is 11.9 Å². The van der Waals surface area contributed by atoms with Gasteiger partial charge in [-0.2, -0.15) is 0 Å². The fourth-order valence-electron chi connectivity index (χ4n) is 1.28. The maximum atomic E-state index is 11.0. The molecule has 0 aromatic carbocycles. The van der Waals surface area contributed by atoms with Crippen molar-refractivity contribution in [1.29, 1.82) is 0 Å². The fraction of sp³-hybridized carbons (Fsp3) is 0.818. The van der Waals surface area contributed by atoms with Gasteiger partial charge in [0.05, 0.1) is 12.1 Å². The summed E-state index contributed by atoms with van der Waals surface area (Å²) in [6.07, 6.45) is 1.10. The van der Waals surface area contributed by atoms with Crippen LogP contribution in [0.5, 0.6) is 0 Å². The lowest BCUT2D eigenvalue weighted by Gasteiger charge is -2.14. The second kappa shape index (κ2) is 8.95. The van der Waals surface area contributed by atoms with Crippen LogP contribution in [0.1, 0.15) is 33.1 Å². The second-order valence-corrected chi connectivity index (χ2v) is 4.11. The molecule has 100 valence electrons. The molecule has 0 aromatic heterocycles. The van der Waals surface area contributed by atoms with Gasteiger partial charge in [-0.15, -0.1) is 0 Å². The molecule has 0 heterocycles. The highest BCUT2D eigenvalue weighted by Gasteiger charge is 2.15. The molecule has 0 rings (SSSR count). The lowest BCUT2D eigenvalue weighted by Crippen LogP contribution is -2.42. The number of carboxylic acids is 1. The Morgan fingerprint density at radius 2 is 2.06 bits per heavy atom. The molecule has 0 fully saturated rings. The number of nitrogens with two attached hydrogens (primary N) is 1. The van der Waals surface area contributed by atoms with E-state index in [4.69, 9.17) is 15.6 Å². The van der Waals surface area contributed by atoms with Gasteiger partial charge in [0.25, 0.3) is 0 Å². The van der Waals surface area contributed by atoms with Crippen molar-refractivity contribution in [2.75, 3.05) is 13.2 Å². The van der Waals surface area contributed by atoms with E-state index in [2.05, 4.69) is 5.32 Å². The summed E-state index contributed by atoms with van der Waals surface area (Å²) in [5.74, 6) is -1.45. The third-order valence-electron chi connectivity index (χ3n) is 2.15. The van der Waals surface area contributed by atoms with Crippen molar-refractivity contribution in [2.24, 2.45) is 5.73 Å². The van der Waals surface area contributed by atoms with Crippen molar-refractivity contribution in [2.45, 2.75) is 45.3 Å². The van der Waals surface area contributed by atoms with E-state index in [-0.39, 0.29) is 18.9 Å². The van der Waals surface area contributed by atoms with Gasteiger partial charge in [0.1, 0.15) is 0 Å². The van der Waals surface area contributed by atoms with E-state index >= 15 is 0 Å². The molecule has 0 aliphatic carbocycles. The van der Waals surface area contributed by atoms with E-state index in [1.54, 1.807) is 0 Å². The van der Waals surface area contributed by atoms with Gasteiger partial charge in [0.2, 0.25) is 5.91 Å². The topological polar surface area (TPSA) is 102 Å². The molecule has 0 bridgehead atoms. The van der Waals surface area contributed by atoms with Gasteiger partial charge in [-0.25, -0.2) is 0 Å². The molecule has 17 heavy (non-hydrogen) atoms. The van der Waals surface area contributed by atoms with E-state index in [9.17, 15) is 9.59 Å². The standard InChI is InChI=1S/C11H22N2O4/c1-8(2)17-7-3-6-13-9(11(12)16)4-5-10(14)15/h8-9,13H,3-7H2,1-2H3,(H2,12,16)(H,14,15)/t9-/m0/s1. The van der Waals surface area contributed by atoms with Crippen LogP contribution in [-0.4, -0.2) is 42.3 Å². The first-order chi connectivity index (χ1) is 7.93. The summed E-state index contributed by atoms with van der Waals surface area (Å²) >= 11 is 0. The largest absolute Gasteiger partial charge is 0.481 e. The van der Waals surface area contributed by atoms with Crippen molar-refractivity contribution < 1.29 is 19.4 Å². The minimum atomic E-state index is -0.929. The Morgan fingerprint density at radius 1 is 1.41 bits per heavy atom. The molecule has 0 saturated heterocycles. The first-order valence-electron chi connectivity index (χ1n) is 5.79. The molecule has 0 saturated carbocycles. The first-order valence-corrected chi connectivity index (χ1v) is 5.79. The Labute approximate surface area is 102 Å². The summed E-state index contributed by atoms with van der Waals surface area (Å²) in [4.78, 5) is 21.4. The molecule has 0 spiro atoms. The summed E-state index contributed by atoms with van der Waals surface area (Å²) in [6, 6.07) is -0.579. The monoisotopic (exact) mass is 246 g/mol. The summed E-state index contributed by atoms with van der Waals surface area (Å²) in [5.41, 5.74) is 5.16. The number of primary amides is 1. The van der Waals surface area contributed by atoms with Crippen LogP contribution in [0.2, 0.25) is 0 Å². The zero-order chi connectivity index (χ0) is 13.3. The predicted molar refractivity (Wildman–Crippen MR) is 63.6 cm³/mol. The lowest BCUT2D eigenvalue weighted by atomic mass is 10.1. The summed E-state index contributed by atoms with van der Waals surface area (Å²) in [7, 11) is 0. The number of hydrogen-bond donors (Lipinski definition) is 3. The number of nitrogens with one attached hydrogen (secondary N) is 1. The molecule has 1 amide bonds. The number of carbonyl (C=O) groups excluding carboxylic acids is 1. The van der Waals surface area contributed by atoms with Crippen LogP contribution < -0.4 is 11.1 Å². The highest BCUT2D eigenvalue weighted by molar-refractivity contribution is 5.80. The highest BCUT2D eigenvalue weighted by atomic mass is 16.5. The minimum absolute atomic E-state index is 0.0664. The molecule has 4 N–H and O–H groups in total. The van der Waals surface area contributed by atoms with E-state index < -0.39 is 17.9 Å². The van der Waals surface area contributed by atoms with Crippen molar-refractivity contribution in [1.82, 2.24) is 5.32 Å². The molecule has 0 aromatic rings. The van der Waals surface area contributed by atoms with E-state index in [1.807, 2.05) is 13.8 Å². The van der Waals surface area contributed by atoms with Crippen molar-refractivity contribution in [3.8, 4) is 0 Å². The summed E-state index contributed by atoms with van der Waals surface area (Å²) in [6.45, 7) is 5.09. The highest BCUT2D eigenvalue weighted by Crippen LogP contribution is 1.97. The smallest absolute Gasteiger partial charge is 0.303 e. The van der Waals surface area contributed by atoms with Gasteiger partial charge in [-0.05, 0) is 33.2 Å². The zero-order valence-corrected chi connectivity index (χ0v) is 10.4. The number of ether oxygens (including phenoxy) is 1. The van der Waals surface area contributed by atoms with Crippen LogP contribution in [0.25, 0.3) is 0 Å². The molecule has 0 unspecified atom stereocenters. The zero-order valence-electron chi connectivity index (χ0n) is 10.4. The van der Waals surface area contributed by atoms with Crippen LogP contribution in [0.3, 0.4) is 0 Å². The number of carbonyl (C=O) groups is 2. The van der Waals surface area contributed by atoms with Gasteiger partial charge in [0, 0.05) is 13.0 Å². The maximum Gasteiger partial charge on any atom is 0.303 e. The first kappa shape index (κ1) is 15.9. The van der Waals surface area contributed by atoms with Crippen LogP contribution in [0.15, 0.2) is 0 Å². The molecule has 1 atom stereocenters. The number of hydrogen-bond acceptors (Lipinski definition) is 4. The van der Waals surface area contributed by atoms with E-state index in [0.717, 1.165) is 6.42 Å². The number of amides is 1. The molecule has 6 nitrogen and oxygen atoms in total. The predicted octanol–water partition coefficient (Wildman–Crippen LogP) is 0.110. The molecule has 0 aliphatic heterocycles. The van der Waals surface area contributed by atoms with Crippen LogP contribution in [-0.2, 0) is 14.3 Å². The molecular weight excluding hydrogens is 224 g/mol. The minimum Gasteiger partial charge on any atom is -0.481 e. The SMILES string of the molecule is CC(C)OCCCN[C@@H](CCC(=O)O)C(N)=O. The van der Waals surface area contributed by atoms with Crippen LogP contribution in [0, 0.1) is 0 Å².